The molecule has 0 spiro atoms. The molecule has 0 aliphatic heterocycles. The number of hydrogen-bond acceptors (Lipinski definition) is 2. The van der Waals surface area contributed by atoms with Crippen LogP contribution in [-0.4, -0.2) is 5.91 Å². The summed E-state index contributed by atoms with van der Waals surface area (Å²) in [7, 11) is 0. The minimum atomic E-state index is -0.0951. The monoisotopic (exact) mass is 366 g/mol. The van der Waals surface area contributed by atoms with Crippen molar-refractivity contribution in [1.29, 1.82) is 5.26 Å². The maximum Gasteiger partial charge on any atom is 0.251 e. The third-order valence-corrected chi connectivity index (χ3v) is 5.60. The Morgan fingerprint density at radius 3 is 2.43 bits per heavy atom. The van der Waals surface area contributed by atoms with Gasteiger partial charge in [-0.2, -0.15) is 5.26 Å². The number of nitrogens with one attached hydrogen (secondary N) is 1. The molecule has 0 saturated heterocycles. The number of rotatable bonds is 4. The summed E-state index contributed by atoms with van der Waals surface area (Å²) < 4.78 is 0. The van der Waals surface area contributed by atoms with E-state index in [4.69, 9.17) is 5.26 Å². The minimum absolute atomic E-state index is 0.00626. The molecule has 0 aromatic heterocycles. The molecule has 0 radical (unpaired) electrons. The van der Waals surface area contributed by atoms with E-state index in [-0.39, 0.29) is 11.9 Å². The normalized spacial score (nSPS) is 17.6. The smallest absolute Gasteiger partial charge is 0.251 e. The number of hydrogen-bond donors (Lipinski definition) is 1. The Bertz CT molecular complexity index is 1030. The molecule has 0 heterocycles. The molecule has 3 aromatic rings. The van der Waals surface area contributed by atoms with Crippen molar-refractivity contribution in [3.05, 3.63) is 95.1 Å². The van der Waals surface area contributed by atoms with E-state index in [0.29, 0.717) is 17.0 Å². The highest BCUT2D eigenvalue weighted by Crippen LogP contribution is 2.43. The van der Waals surface area contributed by atoms with Crippen LogP contribution >= 0.6 is 0 Å². The summed E-state index contributed by atoms with van der Waals surface area (Å²) in [5.74, 6) is 0.369. The van der Waals surface area contributed by atoms with Gasteiger partial charge in [0.1, 0.15) is 0 Å². The zero-order valence-electron chi connectivity index (χ0n) is 15.9. The van der Waals surface area contributed by atoms with E-state index in [1.165, 1.54) is 22.3 Å². The summed E-state index contributed by atoms with van der Waals surface area (Å²) in [4.78, 5) is 12.8. The number of carbonyl (C=O) groups is 1. The molecular weight excluding hydrogens is 344 g/mol. The molecule has 28 heavy (non-hydrogen) atoms. The van der Waals surface area contributed by atoms with E-state index >= 15 is 0 Å². The summed E-state index contributed by atoms with van der Waals surface area (Å²) in [6.07, 6.45) is 1.98. The van der Waals surface area contributed by atoms with Crippen molar-refractivity contribution in [2.75, 3.05) is 0 Å². The predicted octanol–water partition coefficient (Wildman–Crippen LogP) is 5.59. The van der Waals surface area contributed by atoms with Gasteiger partial charge in [0.2, 0.25) is 0 Å². The van der Waals surface area contributed by atoms with Gasteiger partial charge in [0.15, 0.2) is 0 Å². The fourth-order valence-electron chi connectivity index (χ4n) is 4.06. The van der Waals surface area contributed by atoms with E-state index in [2.05, 4.69) is 48.6 Å². The highest BCUT2D eigenvalue weighted by molar-refractivity contribution is 5.94. The van der Waals surface area contributed by atoms with Crippen LogP contribution in [0, 0.1) is 11.3 Å². The van der Waals surface area contributed by atoms with E-state index in [0.717, 1.165) is 12.8 Å². The summed E-state index contributed by atoms with van der Waals surface area (Å²) >= 11 is 0. The lowest BCUT2D eigenvalue weighted by Gasteiger charge is -2.15. The standard InChI is InChI=1S/C25H22N2O/c1-2-18-15-24(27-25(28)20-10-8-17(16-26)9-11-20)23-14-21(12-13-22(18)23)19-6-4-3-5-7-19/h3-14,18,24H,2,15H2,1H3,(H,27,28)/t18-,24+/m1/s1. The quantitative estimate of drug-likeness (QED) is 0.654. The Balaban J connectivity index is 1.62. The first kappa shape index (κ1) is 18.0. The largest absolute Gasteiger partial charge is 0.345 e. The Labute approximate surface area is 165 Å². The lowest BCUT2D eigenvalue weighted by molar-refractivity contribution is 0.0935. The minimum Gasteiger partial charge on any atom is -0.345 e. The van der Waals surface area contributed by atoms with E-state index < -0.39 is 0 Å². The summed E-state index contributed by atoms with van der Waals surface area (Å²) in [6.45, 7) is 2.20. The Kier molecular flexibility index (Phi) is 4.95. The number of benzene rings is 3. The first-order valence-corrected chi connectivity index (χ1v) is 9.70. The molecule has 0 bridgehead atoms. The second-order valence-electron chi connectivity index (χ2n) is 7.27. The molecule has 0 fully saturated rings. The van der Waals surface area contributed by atoms with E-state index in [1.54, 1.807) is 24.3 Å². The average molecular weight is 366 g/mol. The molecule has 3 heteroatoms. The molecular formula is C25H22N2O. The van der Waals surface area contributed by atoms with Gasteiger partial charge in [0.25, 0.3) is 5.91 Å². The van der Waals surface area contributed by atoms with Crippen LogP contribution in [0.3, 0.4) is 0 Å². The lowest BCUT2D eigenvalue weighted by atomic mass is 9.96. The lowest BCUT2D eigenvalue weighted by Crippen LogP contribution is -2.27. The van der Waals surface area contributed by atoms with Gasteiger partial charge < -0.3 is 5.32 Å². The van der Waals surface area contributed by atoms with Gasteiger partial charge >= 0.3 is 0 Å². The molecule has 138 valence electrons. The van der Waals surface area contributed by atoms with Crippen LogP contribution in [0.1, 0.15) is 58.8 Å². The molecule has 4 rings (SSSR count). The van der Waals surface area contributed by atoms with Crippen molar-refractivity contribution in [1.82, 2.24) is 5.32 Å². The SMILES string of the molecule is CC[C@@H]1C[C@H](NC(=O)c2ccc(C#N)cc2)c2cc(-c3ccccc3)ccc21. The highest BCUT2D eigenvalue weighted by Gasteiger charge is 2.31. The van der Waals surface area contributed by atoms with Gasteiger partial charge in [0.05, 0.1) is 17.7 Å². The Morgan fingerprint density at radius 2 is 1.75 bits per heavy atom. The van der Waals surface area contributed by atoms with E-state index in [1.807, 2.05) is 18.2 Å². The van der Waals surface area contributed by atoms with Gasteiger partial charge in [-0.15, -0.1) is 0 Å². The number of nitrogens with zero attached hydrogens (tertiary/aromatic N) is 1. The number of nitriles is 1. The zero-order valence-corrected chi connectivity index (χ0v) is 15.9. The van der Waals surface area contributed by atoms with Gasteiger partial charge in [0, 0.05) is 5.56 Å². The molecule has 1 aliphatic rings. The molecule has 1 N–H and O–H groups in total. The number of fused-ring (bicyclic) bond motifs is 1. The van der Waals surface area contributed by atoms with Crippen LogP contribution in [0.4, 0.5) is 0 Å². The van der Waals surface area contributed by atoms with Crippen LogP contribution in [0.5, 0.6) is 0 Å². The third-order valence-electron chi connectivity index (χ3n) is 5.60. The Morgan fingerprint density at radius 1 is 1.00 bits per heavy atom. The Hall–Kier alpha value is -3.38. The molecule has 3 nitrogen and oxygen atoms in total. The highest BCUT2D eigenvalue weighted by atomic mass is 16.1. The van der Waals surface area contributed by atoms with Crippen molar-refractivity contribution < 1.29 is 4.79 Å². The fraction of sp³-hybridized carbons (Fsp3) is 0.200. The van der Waals surface area contributed by atoms with Crippen molar-refractivity contribution in [2.24, 2.45) is 0 Å². The predicted molar refractivity (Wildman–Crippen MR) is 111 cm³/mol. The topological polar surface area (TPSA) is 52.9 Å². The van der Waals surface area contributed by atoms with Crippen molar-refractivity contribution >= 4 is 5.91 Å². The molecule has 0 unspecified atom stereocenters. The first-order valence-electron chi connectivity index (χ1n) is 9.70. The maximum atomic E-state index is 12.8. The zero-order chi connectivity index (χ0) is 19.5. The van der Waals surface area contributed by atoms with Crippen LogP contribution in [-0.2, 0) is 0 Å². The second kappa shape index (κ2) is 7.70. The van der Waals surface area contributed by atoms with E-state index in [9.17, 15) is 4.79 Å². The van der Waals surface area contributed by atoms with Crippen LogP contribution < -0.4 is 5.32 Å². The number of amides is 1. The third kappa shape index (κ3) is 3.42. The van der Waals surface area contributed by atoms with Gasteiger partial charge in [-0.25, -0.2) is 0 Å². The van der Waals surface area contributed by atoms with Crippen molar-refractivity contribution in [2.45, 2.75) is 31.7 Å². The summed E-state index contributed by atoms with van der Waals surface area (Å²) in [5.41, 5.74) is 6.06. The molecule has 0 saturated carbocycles. The second-order valence-corrected chi connectivity index (χ2v) is 7.27. The van der Waals surface area contributed by atoms with Crippen molar-refractivity contribution in [3.63, 3.8) is 0 Å². The van der Waals surface area contributed by atoms with Gasteiger partial charge in [-0.1, -0.05) is 49.4 Å². The van der Waals surface area contributed by atoms with Crippen molar-refractivity contribution in [3.8, 4) is 17.2 Å². The summed E-state index contributed by atoms with van der Waals surface area (Å²) in [5, 5.41) is 12.1. The van der Waals surface area contributed by atoms with Crippen LogP contribution in [0.25, 0.3) is 11.1 Å². The van der Waals surface area contributed by atoms with Gasteiger partial charge in [-0.05, 0) is 71.3 Å². The van der Waals surface area contributed by atoms with Gasteiger partial charge in [-0.3, -0.25) is 4.79 Å². The molecule has 2 atom stereocenters. The maximum absolute atomic E-state index is 12.8. The fourth-order valence-corrected chi connectivity index (χ4v) is 4.06. The van der Waals surface area contributed by atoms with Crippen LogP contribution in [0.15, 0.2) is 72.8 Å². The number of carbonyl (C=O) groups excluding carboxylic acids is 1. The summed E-state index contributed by atoms with van der Waals surface area (Å²) in [6, 6.07) is 25.8. The van der Waals surface area contributed by atoms with Crippen LogP contribution in [0.2, 0.25) is 0 Å². The molecule has 1 aliphatic carbocycles. The molecule has 3 aromatic carbocycles. The first-order chi connectivity index (χ1) is 13.7. The molecule has 1 amide bonds. The average Bonchev–Trinajstić information content (AvgIpc) is 3.11.